The molecule has 2 N–H and O–H groups in total. The summed E-state index contributed by atoms with van der Waals surface area (Å²) in [6, 6.07) is 6.72. The summed E-state index contributed by atoms with van der Waals surface area (Å²) in [5.41, 5.74) is 7.78. The molecule has 2 heterocycles. The number of nitrogen functional groups attached to an aromatic ring is 1. The zero-order valence-corrected chi connectivity index (χ0v) is 15.6. The van der Waals surface area contributed by atoms with Gasteiger partial charge in [-0.15, -0.1) is 10.2 Å². The minimum absolute atomic E-state index is 0.303. The maximum Gasteiger partial charge on any atom is 0.150 e. The summed E-state index contributed by atoms with van der Waals surface area (Å²) in [7, 11) is 0. The van der Waals surface area contributed by atoms with E-state index in [1.165, 1.54) is 11.3 Å². The third kappa shape index (κ3) is 3.50. The van der Waals surface area contributed by atoms with Gasteiger partial charge in [-0.3, -0.25) is 4.98 Å². The Morgan fingerprint density at radius 3 is 2.21 bits per heavy atom. The first-order valence-corrected chi connectivity index (χ1v) is 8.84. The quantitative estimate of drug-likeness (QED) is 0.450. The smallest absolute Gasteiger partial charge is 0.150 e. The molecule has 4 nitrogen and oxygen atoms in total. The van der Waals surface area contributed by atoms with Gasteiger partial charge >= 0.3 is 0 Å². The van der Waals surface area contributed by atoms with E-state index in [4.69, 9.17) is 52.1 Å². The van der Waals surface area contributed by atoms with Crippen LogP contribution in [0.5, 0.6) is 0 Å². The van der Waals surface area contributed by atoms with Crippen LogP contribution in [0.4, 0.5) is 15.7 Å². The molecule has 0 radical (unpaired) electrons. The number of nitrogens with two attached hydrogens (primary N) is 1. The number of aromatic nitrogens is 1. The fourth-order valence-corrected chi connectivity index (χ4v) is 4.05. The Labute approximate surface area is 161 Å². The van der Waals surface area contributed by atoms with Crippen molar-refractivity contribution >= 4 is 73.4 Å². The van der Waals surface area contributed by atoms with Crippen molar-refractivity contribution < 1.29 is 0 Å². The monoisotopic (exact) mass is 416 g/mol. The molecule has 0 spiro atoms. The Bertz CT molecular complexity index is 902. The highest BCUT2D eigenvalue weighted by Gasteiger charge is 2.17. The van der Waals surface area contributed by atoms with Gasteiger partial charge in [0.05, 0.1) is 15.1 Å². The fraction of sp³-hybridized carbons (Fsp3) is 0. The van der Waals surface area contributed by atoms with Crippen LogP contribution in [-0.4, -0.2) is 4.98 Å². The van der Waals surface area contributed by atoms with Crippen LogP contribution in [0.1, 0.15) is 0 Å². The molecule has 0 aliphatic heterocycles. The van der Waals surface area contributed by atoms with Crippen LogP contribution >= 0.6 is 57.7 Å². The predicted molar refractivity (Wildman–Crippen MR) is 103 cm³/mol. The number of anilines is 1. The van der Waals surface area contributed by atoms with E-state index >= 15 is 0 Å². The highest BCUT2D eigenvalue weighted by molar-refractivity contribution is 7.21. The van der Waals surface area contributed by atoms with Gasteiger partial charge in [-0.25, -0.2) is 0 Å². The third-order valence-corrected chi connectivity index (χ3v) is 5.25. The van der Waals surface area contributed by atoms with Crippen LogP contribution in [0, 0.1) is 0 Å². The molecule has 0 aliphatic carbocycles. The molecule has 0 atom stereocenters. The predicted octanol–water partition coefficient (Wildman–Crippen LogP) is 7.42. The van der Waals surface area contributed by atoms with Gasteiger partial charge in [-0.05, 0) is 29.8 Å². The van der Waals surface area contributed by atoms with Crippen LogP contribution in [0.15, 0.2) is 46.9 Å². The van der Waals surface area contributed by atoms with Gasteiger partial charge in [-0.2, -0.15) is 0 Å². The maximum absolute atomic E-state index is 6.31. The van der Waals surface area contributed by atoms with Crippen LogP contribution in [0.25, 0.3) is 11.1 Å². The third-order valence-electron chi connectivity index (χ3n) is 3.05. The molecule has 24 heavy (non-hydrogen) atoms. The molecule has 0 aliphatic rings. The molecular formula is C15H8Cl4N4S. The molecule has 3 aromatic rings. The molecule has 0 saturated carbocycles. The molecule has 0 bridgehead atoms. The number of hydrogen-bond donors (Lipinski definition) is 1. The number of pyridine rings is 1. The summed E-state index contributed by atoms with van der Waals surface area (Å²) in [4.78, 5) is 3.99. The van der Waals surface area contributed by atoms with Gasteiger partial charge in [0, 0.05) is 23.0 Å². The van der Waals surface area contributed by atoms with Crippen molar-refractivity contribution in [1.82, 2.24) is 4.98 Å². The number of hydrogen-bond acceptors (Lipinski definition) is 5. The van der Waals surface area contributed by atoms with Crippen LogP contribution < -0.4 is 5.73 Å². The lowest BCUT2D eigenvalue weighted by Gasteiger charge is -2.02. The Morgan fingerprint density at radius 2 is 1.58 bits per heavy atom. The molecule has 0 saturated heterocycles. The topological polar surface area (TPSA) is 63.6 Å². The molecule has 2 aromatic heterocycles. The molecule has 1 aromatic carbocycles. The summed E-state index contributed by atoms with van der Waals surface area (Å²) in [6.45, 7) is 0. The second-order valence-corrected chi connectivity index (χ2v) is 7.27. The first-order valence-electron chi connectivity index (χ1n) is 6.52. The van der Waals surface area contributed by atoms with Gasteiger partial charge in [0.1, 0.15) is 15.7 Å². The molecule has 9 heteroatoms. The van der Waals surface area contributed by atoms with Gasteiger partial charge in [-0.1, -0.05) is 57.7 Å². The fourth-order valence-electron chi connectivity index (χ4n) is 1.98. The summed E-state index contributed by atoms with van der Waals surface area (Å²) < 4.78 is 0. The molecule has 122 valence electrons. The van der Waals surface area contributed by atoms with E-state index in [0.29, 0.717) is 41.3 Å². The van der Waals surface area contributed by atoms with Crippen molar-refractivity contribution in [3.63, 3.8) is 0 Å². The minimum Gasteiger partial charge on any atom is -0.389 e. The largest absolute Gasteiger partial charge is 0.389 e. The minimum atomic E-state index is 0.303. The Hall–Kier alpha value is -1.37. The summed E-state index contributed by atoms with van der Waals surface area (Å²) >= 11 is 25.7. The van der Waals surface area contributed by atoms with Gasteiger partial charge in [0.25, 0.3) is 0 Å². The Morgan fingerprint density at radius 1 is 0.958 bits per heavy atom. The SMILES string of the molecule is Nc1sc(N=Nc2c(Cl)cc(Cl)cc2Cl)c(-c2ccncc2)c1Cl. The van der Waals surface area contributed by atoms with E-state index in [1.807, 2.05) is 12.1 Å². The number of benzene rings is 1. The number of nitrogens with zero attached hydrogens (tertiary/aromatic N) is 3. The van der Waals surface area contributed by atoms with Gasteiger partial charge in [0.15, 0.2) is 0 Å². The second-order valence-electron chi connectivity index (χ2n) is 4.61. The lowest BCUT2D eigenvalue weighted by molar-refractivity contribution is 1.25. The summed E-state index contributed by atoms with van der Waals surface area (Å²) in [6.07, 6.45) is 3.32. The second kappa shape index (κ2) is 7.25. The number of azo groups is 1. The van der Waals surface area contributed by atoms with E-state index in [1.54, 1.807) is 24.5 Å². The lowest BCUT2D eigenvalue weighted by atomic mass is 10.1. The van der Waals surface area contributed by atoms with Gasteiger partial charge in [0.2, 0.25) is 0 Å². The van der Waals surface area contributed by atoms with E-state index in [-0.39, 0.29) is 0 Å². The van der Waals surface area contributed by atoms with E-state index < -0.39 is 0 Å². The van der Waals surface area contributed by atoms with Crippen molar-refractivity contribution in [2.24, 2.45) is 10.2 Å². The summed E-state index contributed by atoms with van der Waals surface area (Å²) in [5, 5.41) is 10.8. The Kier molecular flexibility index (Phi) is 5.27. The number of halogens is 4. The van der Waals surface area contributed by atoms with Crippen molar-refractivity contribution in [3.8, 4) is 11.1 Å². The van der Waals surface area contributed by atoms with E-state index in [2.05, 4.69) is 15.2 Å². The number of thiophene rings is 1. The van der Waals surface area contributed by atoms with Crippen LogP contribution in [0.2, 0.25) is 20.1 Å². The highest BCUT2D eigenvalue weighted by Crippen LogP contribution is 2.48. The summed E-state index contributed by atoms with van der Waals surface area (Å²) in [5.74, 6) is 0. The first-order chi connectivity index (χ1) is 11.5. The average Bonchev–Trinajstić information content (AvgIpc) is 2.82. The standard InChI is InChI=1S/C15H8Cl4N4S/c16-8-5-9(17)13(10(18)6-8)22-23-15-11(12(19)14(20)24-15)7-1-3-21-4-2-7/h1-6H,20H2. The maximum atomic E-state index is 6.31. The highest BCUT2D eigenvalue weighted by atomic mass is 35.5. The lowest BCUT2D eigenvalue weighted by Crippen LogP contribution is -1.80. The van der Waals surface area contributed by atoms with Crippen molar-refractivity contribution in [3.05, 3.63) is 56.7 Å². The molecule has 0 unspecified atom stereocenters. The molecule has 3 rings (SSSR count). The zero-order valence-electron chi connectivity index (χ0n) is 11.8. The Balaban J connectivity index is 2.08. The van der Waals surface area contributed by atoms with E-state index in [9.17, 15) is 0 Å². The molecule has 0 amide bonds. The van der Waals surface area contributed by atoms with Crippen LogP contribution in [-0.2, 0) is 0 Å². The van der Waals surface area contributed by atoms with Crippen molar-refractivity contribution in [2.75, 3.05) is 5.73 Å². The normalized spacial score (nSPS) is 11.3. The molecule has 0 fully saturated rings. The average molecular weight is 418 g/mol. The first kappa shape index (κ1) is 17.5. The number of rotatable bonds is 3. The molecular weight excluding hydrogens is 410 g/mol. The van der Waals surface area contributed by atoms with Crippen molar-refractivity contribution in [1.29, 1.82) is 0 Å². The van der Waals surface area contributed by atoms with Crippen molar-refractivity contribution in [2.45, 2.75) is 0 Å². The van der Waals surface area contributed by atoms with Gasteiger partial charge < -0.3 is 5.73 Å². The van der Waals surface area contributed by atoms with Crippen LogP contribution in [0.3, 0.4) is 0 Å². The van der Waals surface area contributed by atoms with E-state index in [0.717, 1.165) is 5.56 Å². The zero-order chi connectivity index (χ0) is 17.3.